The number of ether oxygens (including phenoxy) is 2. The Bertz CT molecular complexity index is 1310. The summed E-state index contributed by atoms with van der Waals surface area (Å²) in [5.74, 6) is -2.24. The van der Waals surface area contributed by atoms with E-state index in [1.165, 1.54) is 6.42 Å². The van der Waals surface area contributed by atoms with Crippen LogP contribution in [0.15, 0.2) is 52.7 Å². The fraction of sp³-hybridized carbons (Fsp3) is 0.469. The van der Waals surface area contributed by atoms with Gasteiger partial charge in [-0.3, -0.25) is 14.7 Å². The Morgan fingerprint density at radius 2 is 1.82 bits per heavy atom. The molecule has 0 amide bonds. The second-order valence-corrected chi connectivity index (χ2v) is 11.0. The fourth-order valence-electron chi connectivity index (χ4n) is 6.57. The van der Waals surface area contributed by atoms with Crippen molar-refractivity contribution in [2.75, 3.05) is 26.2 Å². The number of likely N-dealkylation sites (tertiary alicyclic amines) is 1. The molecule has 7 heteroatoms. The monoisotopic (exact) mass is 530 g/mol. The van der Waals surface area contributed by atoms with Crippen LogP contribution in [-0.4, -0.2) is 53.9 Å². The molecule has 3 unspecified atom stereocenters. The summed E-state index contributed by atoms with van der Waals surface area (Å²) in [5.41, 5.74) is 6.77. The number of hydrogen-bond acceptors (Lipinski definition) is 7. The Kier molecular flexibility index (Phi) is 7.89. The number of hydrogen-bond donors (Lipinski definition) is 1. The number of esters is 2. The van der Waals surface area contributed by atoms with Crippen LogP contribution in [0, 0.1) is 26.7 Å². The highest BCUT2D eigenvalue weighted by Crippen LogP contribution is 2.47. The normalized spacial score (nSPS) is 23.6. The molecule has 5 rings (SSSR count). The highest BCUT2D eigenvalue weighted by atomic mass is 16.5. The number of cyclic esters (lactones) is 1. The molecule has 0 aromatic heterocycles. The van der Waals surface area contributed by atoms with Crippen LogP contribution in [-0.2, 0) is 19.1 Å². The quantitative estimate of drug-likeness (QED) is 0.499. The standard InChI is InChI=1S/C32H38N2O5/c1-5-38-31(36)30-25(18-34-12-7-6-8-13-34)33-24-17-26(27-20(3)14-19(2)15-21(27)4)39-32(37)29(24)28(30)22-10-9-11-23(35)16-22/h9-11,14-16,26,28,30,35H,5-8,12-13,17-18H2,1-4H3. The molecule has 0 radical (unpaired) electrons. The van der Waals surface area contributed by atoms with Gasteiger partial charge in [0.1, 0.15) is 17.8 Å². The Labute approximate surface area is 230 Å². The van der Waals surface area contributed by atoms with E-state index in [1.54, 1.807) is 25.1 Å². The van der Waals surface area contributed by atoms with E-state index in [1.807, 2.05) is 19.9 Å². The van der Waals surface area contributed by atoms with Gasteiger partial charge in [-0.05, 0) is 88.0 Å². The lowest BCUT2D eigenvalue weighted by molar-refractivity contribution is -0.148. The predicted octanol–water partition coefficient (Wildman–Crippen LogP) is 5.46. The van der Waals surface area contributed by atoms with Gasteiger partial charge in [0, 0.05) is 24.6 Å². The SMILES string of the molecule is CCOC(=O)C1C(CN2CCCCC2)=NC2=C(C(=O)OC(c3c(C)cc(C)cc3C)C2)C1c1cccc(O)c1. The van der Waals surface area contributed by atoms with Crippen LogP contribution in [0.3, 0.4) is 0 Å². The molecule has 1 fully saturated rings. The highest BCUT2D eigenvalue weighted by Gasteiger charge is 2.47. The van der Waals surface area contributed by atoms with Gasteiger partial charge in [-0.1, -0.05) is 36.2 Å². The Morgan fingerprint density at radius 1 is 1.10 bits per heavy atom. The molecule has 0 bridgehead atoms. The predicted molar refractivity (Wildman–Crippen MR) is 150 cm³/mol. The van der Waals surface area contributed by atoms with Crippen molar-refractivity contribution in [1.82, 2.24) is 4.90 Å². The summed E-state index contributed by atoms with van der Waals surface area (Å²) in [6.45, 7) is 10.6. The molecule has 0 aliphatic carbocycles. The van der Waals surface area contributed by atoms with Crippen LogP contribution in [0.2, 0.25) is 0 Å². The maximum atomic E-state index is 13.8. The molecule has 3 heterocycles. The van der Waals surface area contributed by atoms with Crippen molar-refractivity contribution >= 4 is 17.7 Å². The first-order valence-electron chi connectivity index (χ1n) is 14.0. The van der Waals surface area contributed by atoms with Crippen molar-refractivity contribution in [3.63, 3.8) is 0 Å². The number of aryl methyl sites for hydroxylation is 3. The van der Waals surface area contributed by atoms with E-state index in [4.69, 9.17) is 14.5 Å². The number of phenolic OH excluding ortho intramolecular Hbond substituents is 1. The third kappa shape index (κ3) is 5.50. The maximum absolute atomic E-state index is 13.8. The number of carbonyl (C=O) groups is 2. The number of aliphatic imine (C=N–C) groups is 1. The first-order chi connectivity index (χ1) is 18.8. The van der Waals surface area contributed by atoms with Gasteiger partial charge in [-0.25, -0.2) is 4.79 Å². The highest BCUT2D eigenvalue weighted by molar-refractivity contribution is 6.09. The number of benzene rings is 2. The zero-order chi connectivity index (χ0) is 27.7. The van der Waals surface area contributed by atoms with Crippen molar-refractivity contribution < 1.29 is 24.2 Å². The number of nitrogens with zero attached hydrogens (tertiary/aromatic N) is 2. The molecule has 206 valence electrons. The minimum Gasteiger partial charge on any atom is -0.508 e. The summed E-state index contributed by atoms with van der Waals surface area (Å²) in [6, 6.07) is 11.0. The van der Waals surface area contributed by atoms with Gasteiger partial charge < -0.3 is 14.6 Å². The summed E-state index contributed by atoms with van der Waals surface area (Å²) in [6.07, 6.45) is 3.40. The average molecular weight is 531 g/mol. The topological polar surface area (TPSA) is 88.4 Å². The molecule has 39 heavy (non-hydrogen) atoms. The number of rotatable bonds is 6. The van der Waals surface area contributed by atoms with Crippen molar-refractivity contribution in [2.24, 2.45) is 10.9 Å². The molecule has 0 spiro atoms. The van der Waals surface area contributed by atoms with Gasteiger partial charge in [0.05, 0.1) is 17.9 Å². The second-order valence-electron chi connectivity index (χ2n) is 11.0. The fourth-order valence-corrected chi connectivity index (χ4v) is 6.57. The van der Waals surface area contributed by atoms with E-state index in [2.05, 4.69) is 24.0 Å². The van der Waals surface area contributed by atoms with E-state index in [0.29, 0.717) is 35.5 Å². The molecular formula is C32H38N2O5. The largest absolute Gasteiger partial charge is 0.508 e. The van der Waals surface area contributed by atoms with E-state index in [-0.39, 0.29) is 12.4 Å². The van der Waals surface area contributed by atoms with Crippen LogP contribution < -0.4 is 0 Å². The van der Waals surface area contributed by atoms with Crippen molar-refractivity contribution in [1.29, 1.82) is 0 Å². The van der Waals surface area contributed by atoms with Crippen molar-refractivity contribution in [2.45, 2.75) is 65.4 Å². The first-order valence-corrected chi connectivity index (χ1v) is 14.0. The van der Waals surface area contributed by atoms with Gasteiger partial charge in [-0.15, -0.1) is 0 Å². The lowest BCUT2D eigenvalue weighted by Gasteiger charge is -2.39. The van der Waals surface area contributed by atoms with Gasteiger partial charge in [0.25, 0.3) is 0 Å². The number of piperidine rings is 1. The molecule has 1 saturated heterocycles. The van der Waals surface area contributed by atoms with Gasteiger partial charge in [-0.2, -0.15) is 0 Å². The van der Waals surface area contributed by atoms with E-state index < -0.39 is 29.9 Å². The minimum absolute atomic E-state index is 0.0744. The van der Waals surface area contributed by atoms with Crippen molar-refractivity contribution in [3.8, 4) is 5.75 Å². The van der Waals surface area contributed by atoms with Crippen LogP contribution in [0.25, 0.3) is 0 Å². The summed E-state index contributed by atoms with van der Waals surface area (Å²) in [7, 11) is 0. The van der Waals surface area contributed by atoms with Crippen molar-refractivity contribution in [3.05, 3.63) is 75.5 Å². The molecular weight excluding hydrogens is 492 g/mol. The van der Waals surface area contributed by atoms with Gasteiger partial charge >= 0.3 is 11.9 Å². The molecule has 1 N–H and O–H groups in total. The lowest BCUT2D eigenvalue weighted by atomic mass is 9.73. The molecule has 0 saturated carbocycles. The van der Waals surface area contributed by atoms with E-state index in [9.17, 15) is 14.7 Å². The minimum atomic E-state index is -0.778. The molecule has 3 atom stereocenters. The van der Waals surface area contributed by atoms with Crippen LogP contribution in [0.4, 0.5) is 0 Å². The van der Waals surface area contributed by atoms with Gasteiger partial charge in [0.2, 0.25) is 0 Å². The van der Waals surface area contributed by atoms with E-state index in [0.717, 1.165) is 48.2 Å². The molecule has 2 aromatic rings. The number of aromatic hydroxyl groups is 1. The van der Waals surface area contributed by atoms with Crippen LogP contribution in [0.5, 0.6) is 5.75 Å². The number of phenols is 1. The Balaban J connectivity index is 1.64. The maximum Gasteiger partial charge on any atom is 0.337 e. The average Bonchev–Trinajstić information content (AvgIpc) is 2.88. The summed E-state index contributed by atoms with van der Waals surface area (Å²) < 4.78 is 11.7. The zero-order valence-electron chi connectivity index (χ0n) is 23.3. The third-order valence-corrected chi connectivity index (χ3v) is 8.10. The Morgan fingerprint density at radius 3 is 2.49 bits per heavy atom. The summed E-state index contributed by atoms with van der Waals surface area (Å²) >= 11 is 0. The molecule has 2 aromatic carbocycles. The lowest BCUT2D eigenvalue weighted by Crippen LogP contribution is -2.45. The molecule has 7 nitrogen and oxygen atoms in total. The van der Waals surface area contributed by atoms with Crippen LogP contribution >= 0.6 is 0 Å². The molecule has 3 aliphatic heterocycles. The third-order valence-electron chi connectivity index (χ3n) is 8.10. The van der Waals surface area contributed by atoms with E-state index >= 15 is 0 Å². The first kappa shape index (κ1) is 27.1. The summed E-state index contributed by atoms with van der Waals surface area (Å²) in [4.78, 5) is 34.8. The zero-order valence-corrected chi connectivity index (χ0v) is 23.3. The number of carbonyl (C=O) groups excluding carboxylic acids is 2. The molecule has 3 aliphatic rings. The second kappa shape index (κ2) is 11.3. The van der Waals surface area contributed by atoms with Gasteiger partial charge in [0.15, 0.2) is 0 Å². The smallest absolute Gasteiger partial charge is 0.337 e. The Hall–Kier alpha value is -3.45. The summed E-state index contributed by atoms with van der Waals surface area (Å²) in [5, 5.41) is 10.3. The van der Waals surface area contributed by atoms with Crippen LogP contribution in [0.1, 0.15) is 72.4 Å².